The van der Waals surface area contributed by atoms with Crippen molar-refractivity contribution in [2.45, 2.75) is 77.2 Å². The zero-order valence-corrected chi connectivity index (χ0v) is 12.7. The van der Waals surface area contributed by atoms with Gasteiger partial charge in [0.25, 0.3) is 0 Å². The van der Waals surface area contributed by atoms with E-state index in [4.69, 9.17) is 0 Å². The first-order valence-corrected chi connectivity index (χ1v) is 8.66. The lowest BCUT2D eigenvalue weighted by Crippen LogP contribution is -2.48. The summed E-state index contributed by atoms with van der Waals surface area (Å²) in [6.45, 7) is 3.32. The summed E-state index contributed by atoms with van der Waals surface area (Å²) in [6, 6.07) is 0.594. The van der Waals surface area contributed by atoms with Gasteiger partial charge in [-0.3, -0.25) is 4.39 Å². The fraction of sp³-hybridized carbons (Fsp3) is 1.00. The van der Waals surface area contributed by atoms with Crippen LogP contribution in [0.3, 0.4) is 0 Å². The highest BCUT2D eigenvalue weighted by Gasteiger charge is 2.36. The maximum atomic E-state index is 12.5. The Labute approximate surface area is 118 Å². The van der Waals surface area contributed by atoms with Gasteiger partial charge >= 0.3 is 0 Å². The van der Waals surface area contributed by atoms with Gasteiger partial charge in [0.05, 0.1) is 6.67 Å². The molecular formula is C17H32FN. The number of piperidine rings is 1. The molecule has 19 heavy (non-hydrogen) atoms. The fourth-order valence-corrected chi connectivity index (χ4v) is 4.61. The van der Waals surface area contributed by atoms with Crippen LogP contribution >= 0.6 is 0 Å². The number of rotatable bonds is 6. The Bertz CT molecular complexity index is 237. The van der Waals surface area contributed by atoms with Gasteiger partial charge < -0.3 is 5.32 Å². The summed E-state index contributed by atoms with van der Waals surface area (Å²) < 4.78 is 12.5. The molecule has 1 saturated carbocycles. The molecule has 112 valence electrons. The minimum atomic E-state index is -0.148. The largest absolute Gasteiger partial charge is 0.314 e. The molecule has 3 unspecified atom stereocenters. The Hall–Kier alpha value is -0.110. The third-order valence-corrected chi connectivity index (χ3v) is 5.48. The molecule has 1 aliphatic heterocycles. The van der Waals surface area contributed by atoms with Crippen LogP contribution in [0.25, 0.3) is 0 Å². The lowest BCUT2D eigenvalue weighted by molar-refractivity contribution is 0.0912. The molecule has 0 aromatic rings. The molecular weight excluding hydrogens is 237 g/mol. The minimum Gasteiger partial charge on any atom is -0.314 e. The van der Waals surface area contributed by atoms with Gasteiger partial charge in [-0.05, 0) is 50.0 Å². The molecule has 0 spiro atoms. The van der Waals surface area contributed by atoms with E-state index in [1.807, 2.05) is 0 Å². The summed E-state index contributed by atoms with van der Waals surface area (Å²) in [6.07, 6.45) is 13.0. The lowest BCUT2D eigenvalue weighted by atomic mass is 9.67. The van der Waals surface area contributed by atoms with Crippen LogP contribution in [0.2, 0.25) is 0 Å². The van der Waals surface area contributed by atoms with Crippen LogP contribution in [-0.4, -0.2) is 19.3 Å². The zero-order valence-electron chi connectivity index (χ0n) is 12.7. The van der Waals surface area contributed by atoms with Crippen molar-refractivity contribution in [3.63, 3.8) is 0 Å². The van der Waals surface area contributed by atoms with Gasteiger partial charge in [0.2, 0.25) is 0 Å². The van der Waals surface area contributed by atoms with Gasteiger partial charge in [0, 0.05) is 6.04 Å². The minimum absolute atomic E-state index is 0.148. The highest BCUT2D eigenvalue weighted by atomic mass is 19.1. The standard InChI is InChI=1S/C17H32FN/c1-2-7-16-15(14-8-4-3-5-9-14)11-13-19-17(16)10-6-12-18/h14-17,19H,2-13H2,1H3. The highest BCUT2D eigenvalue weighted by Crippen LogP contribution is 2.41. The van der Waals surface area contributed by atoms with Crippen LogP contribution in [0.15, 0.2) is 0 Å². The van der Waals surface area contributed by atoms with E-state index in [0.29, 0.717) is 6.04 Å². The molecule has 0 aromatic carbocycles. The van der Waals surface area contributed by atoms with Crippen molar-refractivity contribution in [1.82, 2.24) is 5.32 Å². The summed E-state index contributed by atoms with van der Waals surface area (Å²) in [5.74, 6) is 2.71. The van der Waals surface area contributed by atoms with Crippen molar-refractivity contribution in [2.75, 3.05) is 13.2 Å². The Balaban J connectivity index is 1.97. The Morgan fingerprint density at radius 1 is 1.05 bits per heavy atom. The normalized spacial score (nSPS) is 33.5. The summed E-state index contributed by atoms with van der Waals surface area (Å²) in [4.78, 5) is 0. The second kappa shape index (κ2) is 8.24. The second-order valence-electron chi connectivity index (χ2n) is 6.69. The fourth-order valence-electron chi connectivity index (χ4n) is 4.61. The molecule has 1 heterocycles. The SMILES string of the molecule is CCCC1C(CCCF)NCCC1C1CCCCC1. The van der Waals surface area contributed by atoms with Crippen molar-refractivity contribution in [1.29, 1.82) is 0 Å². The van der Waals surface area contributed by atoms with Gasteiger partial charge in [-0.2, -0.15) is 0 Å². The average molecular weight is 269 g/mol. The predicted octanol–water partition coefficient (Wildman–Crippen LogP) is 4.71. The Morgan fingerprint density at radius 3 is 2.53 bits per heavy atom. The maximum absolute atomic E-state index is 12.5. The van der Waals surface area contributed by atoms with E-state index in [9.17, 15) is 4.39 Å². The van der Waals surface area contributed by atoms with Crippen LogP contribution in [0.1, 0.15) is 71.1 Å². The molecule has 1 N–H and O–H groups in total. The van der Waals surface area contributed by atoms with E-state index >= 15 is 0 Å². The van der Waals surface area contributed by atoms with Gasteiger partial charge in [0.1, 0.15) is 0 Å². The van der Waals surface area contributed by atoms with E-state index < -0.39 is 0 Å². The molecule has 2 rings (SSSR count). The maximum Gasteiger partial charge on any atom is 0.0895 e. The summed E-state index contributed by atoms with van der Waals surface area (Å²) in [5.41, 5.74) is 0. The molecule has 2 fully saturated rings. The van der Waals surface area contributed by atoms with Gasteiger partial charge in [-0.25, -0.2) is 0 Å². The molecule has 3 atom stereocenters. The molecule has 0 bridgehead atoms. The first-order valence-electron chi connectivity index (χ1n) is 8.66. The van der Waals surface area contributed by atoms with Crippen LogP contribution < -0.4 is 5.32 Å². The Kier molecular flexibility index (Phi) is 6.63. The molecule has 1 aliphatic carbocycles. The summed E-state index contributed by atoms with van der Waals surface area (Å²) in [7, 11) is 0. The molecule has 2 aliphatic rings. The second-order valence-corrected chi connectivity index (χ2v) is 6.69. The predicted molar refractivity (Wildman–Crippen MR) is 80.1 cm³/mol. The quantitative estimate of drug-likeness (QED) is 0.736. The van der Waals surface area contributed by atoms with Crippen molar-refractivity contribution in [3.8, 4) is 0 Å². The van der Waals surface area contributed by atoms with Gasteiger partial charge in [0.15, 0.2) is 0 Å². The lowest BCUT2D eigenvalue weighted by Gasteiger charge is -2.44. The molecule has 0 aromatic heterocycles. The monoisotopic (exact) mass is 269 g/mol. The van der Waals surface area contributed by atoms with Crippen LogP contribution in [0, 0.1) is 17.8 Å². The first kappa shape index (κ1) is 15.3. The molecule has 2 heteroatoms. The molecule has 1 saturated heterocycles. The van der Waals surface area contributed by atoms with Crippen molar-refractivity contribution < 1.29 is 4.39 Å². The van der Waals surface area contributed by atoms with E-state index in [1.54, 1.807) is 0 Å². The van der Waals surface area contributed by atoms with Crippen molar-refractivity contribution in [3.05, 3.63) is 0 Å². The smallest absolute Gasteiger partial charge is 0.0895 e. The van der Waals surface area contributed by atoms with Crippen molar-refractivity contribution in [2.24, 2.45) is 17.8 Å². The average Bonchev–Trinajstić information content (AvgIpc) is 2.47. The van der Waals surface area contributed by atoms with E-state index in [2.05, 4.69) is 12.2 Å². The van der Waals surface area contributed by atoms with Crippen LogP contribution in [0.5, 0.6) is 0 Å². The summed E-state index contributed by atoms with van der Waals surface area (Å²) >= 11 is 0. The van der Waals surface area contributed by atoms with Crippen LogP contribution in [-0.2, 0) is 0 Å². The van der Waals surface area contributed by atoms with Crippen molar-refractivity contribution >= 4 is 0 Å². The number of nitrogens with one attached hydrogen (secondary N) is 1. The molecule has 1 nitrogen and oxygen atoms in total. The third kappa shape index (κ3) is 4.18. The van der Waals surface area contributed by atoms with Gasteiger partial charge in [-0.1, -0.05) is 45.4 Å². The van der Waals surface area contributed by atoms with Crippen LogP contribution in [0.4, 0.5) is 4.39 Å². The highest BCUT2D eigenvalue weighted by molar-refractivity contribution is 4.90. The third-order valence-electron chi connectivity index (χ3n) is 5.48. The van der Waals surface area contributed by atoms with Gasteiger partial charge in [-0.15, -0.1) is 0 Å². The molecule has 0 radical (unpaired) electrons. The Morgan fingerprint density at radius 2 is 1.84 bits per heavy atom. The summed E-state index contributed by atoms with van der Waals surface area (Å²) in [5, 5.41) is 3.69. The number of hydrogen-bond donors (Lipinski definition) is 1. The number of alkyl halides is 1. The molecule has 0 amide bonds. The number of hydrogen-bond acceptors (Lipinski definition) is 1. The topological polar surface area (TPSA) is 12.0 Å². The van der Waals surface area contributed by atoms with E-state index in [1.165, 1.54) is 57.9 Å². The zero-order chi connectivity index (χ0) is 13.5. The van der Waals surface area contributed by atoms with E-state index in [0.717, 1.165) is 30.6 Å². The van der Waals surface area contributed by atoms with E-state index in [-0.39, 0.29) is 6.67 Å². The number of halogens is 1. The first-order chi connectivity index (χ1) is 9.36.